The summed E-state index contributed by atoms with van der Waals surface area (Å²) in [7, 11) is 0. The first kappa shape index (κ1) is 11.8. The second kappa shape index (κ2) is 3.98. The van der Waals surface area contributed by atoms with Gasteiger partial charge in [0.1, 0.15) is 0 Å². The molecule has 0 radical (unpaired) electrons. The van der Waals surface area contributed by atoms with E-state index in [-0.39, 0.29) is 5.41 Å². The predicted octanol–water partition coefficient (Wildman–Crippen LogP) is 3.00. The zero-order valence-corrected chi connectivity index (χ0v) is 9.56. The lowest BCUT2D eigenvalue weighted by Gasteiger charge is -2.40. The van der Waals surface area contributed by atoms with Crippen molar-refractivity contribution < 1.29 is 13.2 Å². The number of rotatable bonds is 3. The summed E-state index contributed by atoms with van der Waals surface area (Å²) in [4.78, 5) is 0. The Balaban J connectivity index is 2.08. The van der Waals surface area contributed by atoms with Crippen LogP contribution < -0.4 is 0 Å². The van der Waals surface area contributed by atoms with Gasteiger partial charge in [0.2, 0.25) is 0 Å². The number of hydrogen-bond acceptors (Lipinski definition) is 2. The molecule has 1 fully saturated rings. The highest BCUT2D eigenvalue weighted by molar-refractivity contribution is 7.80. The highest BCUT2D eigenvalue weighted by Crippen LogP contribution is 2.43. The molecule has 1 saturated carbocycles. The molecule has 0 aromatic carbocycles. The molecule has 6 heteroatoms. The van der Waals surface area contributed by atoms with Gasteiger partial charge in [-0.15, -0.1) is 0 Å². The Morgan fingerprint density at radius 1 is 1.44 bits per heavy atom. The van der Waals surface area contributed by atoms with Gasteiger partial charge in [-0.2, -0.15) is 30.9 Å². The average molecular weight is 250 g/mol. The van der Waals surface area contributed by atoms with Gasteiger partial charge in [0.15, 0.2) is 5.69 Å². The van der Waals surface area contributed by atoms with Crippen molar-refractivity contribution in [2.75, 3.05) is 5.75 Å². The first-order valence-corrected chi connectivity index (χ1v) is 5.80. The topological polar surface area (TPSA) is 17.8 Å². The Kier molecular flexibility index (Phi) is 2.94. The van der Waals surface area contributed by atoms with E-state index in [0.29, 0.717) is 12.3 Å². The number of alkyl halides is 3. The van der Waals surface area contributed by atoms with Crippen LogP contribution in [0.25, 0.3) is 0 Å². The second-order valence-electron chi connectivity index (χ2n) is 4.41. The summed E-state index contributed by atoms with van der Waals surface area (Å²) < 4.78 is 38.3. The molecule has 1 heterocycles. The van der Waals surface area contributed by atoms with Gasteiger partial charge in [-0.3, -0.25) is 4.68 Å². The molecule has 0 saturated heterocycles. The van der Waals surface area contributed by atoms with E-state index in [1.54, 1.807) is 0 Å². The minimum atomic E-state index is -4.35. The Bertz CT molecular complexity index is 363. The normalized spacial score (nSPS) is 19.5. The molecule has 0 aliphatic heterocycles. The van der Waals surface area contributed by atoms with E-state index in [1.165, 1.54) is 10.9 Å². The highest BCUT2D eigenvalue weighted by Gasteiger charge is 2.38. The summed E-state index contributed by atoms with van der Waals surface area (Å²) in [6.45, 7) is 0.534. The minimum Gasteiger partial charge on any atom is -0.272 e. The van der Waals surface area contributed by atoms with E-state index in [0.717, 1.165) is 25.3 Å². The smallest absolute Gasteiger partial charge is 0.272 e. The molecule has 1 aliphatic rings. The molecule has 1 aromatic heterocycles. The van der Waals surface area contributed by atoms with Gasteiger partial charge in [0.05, 0.1) is 0 Å². The summed E-state index contributed by atoms with van der Waals surface area (Å²) in [5.74, 6) is 0.703. The summed E-state index contributed by atoms with van der Waals surface area (Å²) in [5, 5.41) is 3.55. The fourth-order valence-electron chi connectivity index (χ4n) is 1.99. The molecular weight excluding hydrogens is 237 g/mol. The van der Waals surface area contributed by atoms with Crippen molar-refractivity contribution in [2.24, 2.45) is 5.41 Å². The molecule has 2 nitrogen and oxygen atoms in total. The lowest BCUT2D eigenvalue weighted by molar-refractivity contribution is -0.141. The molecule has 0 unspecified atom stereocenters. The lowest BCUT2D eigenvalue weighted by Crippen LogP contribution is -2.36. The van der Waals surface area contributed by atoms with Crippen LogP contribution in [0.3, 0.4) is 0 Å². The maximum absolute atomic E-state index is 12.3. The van der Waals surface area contributed by atoms with Crippen LogP contribution in [-0.4, -0.2) is 15.5 Å². The van der Waals surface area contributed by atoms with Crippen LogP contribution in [0.4, 0.5) is 13.2 Å². The van der Waals surface area contributed by atoms with E-state index < -0.39 is 11.9 Å². The van der Waals surface area contributed by atoms with Gasteiger partial charge in [-0.05, 0) is 30.1 Å². The van der Waals surface area contributed by atoms with Crippen molar-refractivity contribution in [1.29, 1.82) is 0 Å². The number of hydrogen-bond donors (Lipinski definition) is 1. The fourth-order valence-corrected chi connectivity index (χ4v) is 2.40. The maximum atomic E-state index is 12.3. The average Bonchev–Trinajstić information content (AvgIpc) is 2.58. The molecule has 90 valence electrons. The molecule has 2 rings (SSSR count). The van der Waals surface area contributed by atoms with E-state index in [2.05, 4.69) is 17.7 Å². The van der Waals surface area contributed by atoms with Crippen LogP contribution in [0, 0.1) is 5.41 Å². The van der Waals surface area contributed by atoms with Crippen molar-refractivity contribution >= 4 is 12.6 Å². The third-order valence-corrected chi connectivity index (χ3v) is 3.85. The van der Waals surface area contributed by atoms with Gasteiger partial charge in [-0.25, -0.2) is 0 Å². The van der Waals surface area contributed by atoms with Crippen molar-refractivity contribution in [2.45, 2.75) is 32.0 Å². The van der Waals surface area contributed by atoms with Gasteiger partial charge in [0, 0.05) is 12.7 Å². The van der Waals surface area contributed by atoms with Crippen molar-refractivity contribution in [1.82, 2.24) is 9.78 Å². The van der Waals surface area contributed by atoms with E-state index >= 15 is 0 Å². The molecule has 1 aromatic rings. The zero-order chi connectivity index (χ0) is 11.8. The van der Waals surface area contributed by atoms with Crippen LogP contribution in [-0.2, 0) is 12.7 Å². The van der Waals surface area contributed by atoms with Crippen molar-refractivity contribution in [3.63, 3.8) is 0 Å². The SMILES string of the molecule is FC(F)(F)c1ccn(CC2(CS)CCC2)n1. The molecule has 0 N–H and O–H groups in total. The van der Waals surface area contributed by atoms with E-state index in [1.807, 2.05) is 0 Å². The monoisotopic (exact) mass is 250 g/mol. The Morgan fingerprint density at radius 3 is 2.50 bits per heavy atom. The maximum Gasteiger partial charge on any atom is 0.435 e. The van der Waals surface area contributed by atoms with Crippen molar-refractivity contribution in [3.8, 4) is 0 Å². The van der Waals surface area contributed by atoms with Crippen LogP contribution in [0.1, 0.15) is 25.0 Å². The summed E-state index contributed by atoms with van der Waals surface area (Å²) in [6.07, 6.45) is 0.231. The van der Waals surface area contributed by atoms with E-state index in [9.17, 15) is 13.2 Å². The molecular formula is C10H13F3N2S. The summed E-state index contributed by atoms with van der Waals surface area (Å²) >= 11 is 4.26. The number of thiol groups is 1. The standard InChI is InChI=1S/C10H13F3N2S/c11-10(12,13)8-2-5-15(14-8)6-9(7-16)3-1-4-9/h2,5,16H,1,3-4,6-7H2. The zero-order valence-electron chi connectivity index (χ0n) is 8.67. The van der Waals surface area contributed by atoms with Gasteiger partial charge < -0.3 is 0 Å². The molecule has 0 atom stereocenters. The number of nitrogens with zero attached hydrogens (tertiary/aromatic N) is 2. The lowest BCUT2D eigenvalue weighted by atomic mass is 9.70. The minimum absolute atomic E-state index is 0.0536. The van der Waals surface area contributed by atoms with Gasteiger partial charge in [-0.1, -0.05) is 6.42 Å². The fraction of sp³-hybridized carbons (Fsp3) is 0.700. The molecule has 0 bridgehead atoms. The first-order valence-electron chi connectivity index (χ1n) is 5.17. The quantitative estimate of drug-likeness (QED) is 0.816. The Hall–Kier alpha value is -0.650. The highest BCUT2D eigenvalue weighted by atomic mass is 32.1. The summed E-state index contributed by atoms with van der Waals surface area (Å²) in [5.41, 5.74) is -0.765. The summed E-state index contributed by atoms with van der Waals surface area (Å²) in [6, 6.07) is 1.02. The number of halogens is 3. The van der Waals surface area contributed by atoms with Crippen LogP contribution >= 0.6 is 12.6 Å². The van der Waals surface area contributed by atoms with Crippen LogP contribution in [0.15, 0.2) is 12.3 Å². The van der Waals surface area contributed by atoms with Crippen LogP contribution in [0.2, 0.25) is 0 Å². The molecule has 0 spiro atoms. The molecule has 0 amide bonds. The van der Waals surface area contributed by atoms with E-state index in [4.69, 9.17) is 0 Å². The number of aromatic nitrogens is 2. The third-order valence-electron chi connectivity index (χ3n) is 3.18. The predicted molar refractivity (Wildman–Crippen MR) is 57.4 cm³/mol. The first-order chi connectivity index (χ1) is 7.45. The van der Waals surface area contributed by atoms with Gasteiger partial charge in [0.25, 0.3) is 0 Å². The Morgan fingerprint density at radius 2 is 2.12 bits per heavy atom. The third kappa shape index (κ3) is 2.21. The van der Waals surface area contributed by atoms with Crippen LogP contribution in [0.5, 0.6) is 0 Å². The largest absolute Gasteiger partial charge is 0.435 e. The molecule has 16 heavy (non-hydrogen) atoms. The molecule has 1 aliphatic carbocycles. The second-order valence-corrected chi connectivity index (χ2v) is 4.72. The Labute approximate surface area is 97.2 Å². The van der Waals surface area contributed by atoms with Gasteiger partial charge >= 0.3 is 6.18 Å². The van der Waals surface area contributed by atoms with Crippen molar-refractivity contribution in [3.05, 3.63) is 18.0 Å².